The molecule has 1 aromatic heterocycles. The average molecular weight is 259 g/mol. The highest BCUT2D eigenvalue weighted by molar-refractivity contribution is 5.47. The predicted octanol–water partition coefficient (Wildman–Crippen LogP) is 1.86. The van der Waals surface area contributed by atoms with Gasteiger partial charge in [0.05, 0.1) is 19.8 Å². The first kappa shape index (κ1) is 12.0. The van der Waals surface area contributed by atoms with Crippen molar-refractivity contribution >= 4 is 0 Å². The molecule has 2 N–H and O–H groups in total. The largest absolute Gasteiger partial charge is 0.490 e. The molecule has 0 unspecified atom stereocenters. The molecular weight excluding hydrogens is 242 g/mol. The van der Waals surface area contributed by atoms with Gasteiger partial charge in [0.2, 0.25) is 0 Å². The summed E-state index contributed by atoms with van der Waals surface area (Å²) in [4.78, 5) is 7.24. The quantitative estimate of drug-likeness (QED) is 0.880. The van der Waals surface area contributed by atoms with Crippen molar-refractivity contribution in [1.29, 1.82) is 0 Å². The first-order chi connectivity index (χ1) is 9.43. The van der Waals surface area contributed by atoms with Gasteiger partial charge in [0, 0.05) is 30.9 Å². The molecule has 0 radical (unpaired) electrons. The third kappa shape index (κ3) is 2.88. The molecule has 0 saturated heterocycles. The molecule has 0 bridgehead atoms. The SMILES string of the molecule is c1cc(CNCc2ncc[nH]2)c2c(c1)OCCCO2. The van der Waals surface area contributed by atoms with E-state index in [1.165, 1.54) is 0 Å². The van der Waals surface area contributed by atoms with E-state index < -0.39 is 0 Å². The molecule has 1 aromatic carbocycles. The van der Waals surface area contributed by atoms with Crippen molar-refractivity contribution in [2.24, 2.45) is 0 Å². The van der Waals surface area contributed by atoms with Crippen LogP contribution in [0.3, 0.4) is 0 Å². The van der Waals surface area contributed by atoms with Gasteiger partial charge in [-0.05, 0) is 6.07 Å². The van der Waals surface area contributed by atoms with Gasteiger partial charge in [0.15, 0.2) is 11.5 Å². The number of nitrogens with one attached hydrogen (secondary N) is 2. The highest BCUT2D eigenvalue weighted by Crippen LogP contribution is 2.33. The minimum absolute atomic E-state index is 0.706. The van der Waals surface area contributed by atoms with Crippen LogP contribution in [0.1, 0.15) is 17.8 Å². The van der Waals surface area contributed by atoms with Crippen LogP contribution in [-0.4, -0.2) is 23.2 Å². The number of hydrogen-bond donors (Lipinski definition) is 2. The van der Waals surface area contributed by atoms with Gasteiger partial charge >= 0.3 is 0 Å². The number of benzene rings is 1. The number of para-hydroxylation sites is 1. The number of imidazole rings is 1. The molecule has 1 aliphatic rings. The Morgan fingerprint density at radius 2 is 2.16 bits per heavy atom. The zero-order chi connectivity index (χ0) is 12.9. The van der Waals surface area contributed by atoms with E-state index in [1.54, 1.807) is 6.20 Å². The van der Waals surface area contributed by atoms with Crippen molar-refractivity contribution in [1.82, 2.24) is 15.3 Å². The van der Waals surface area contributed by atoms with E-state index in [2.05, 4.69) is 21.4 Å². The third-order valence-corrected chi connectivity index (χ3v) is 3.02. The van der Waals surface area contributed by atoms with E-state index in [1.807, 2.05) is 18.3 Å². The van der Waals surface area contributed by atoms with Crippen LogP contribution in [0.4, 0.5) is 0 Å². The van der Waals surface area contributed by atoms with Gasteiger partial charge in [0.25, 0.3) is 0 Å². The molecule has 0 amide bonds. The molecule has 3 rings (SSSR count). The Bertz CT molecular complexity index is 525. The zero-order valence-electron chi connectivity index (χ0n) is 10.7. The summed E-state index contributed by atoms with van der Waals surface area (Å²) in [6, 6.07) is 6.01. The molecule has 2 heterocycles. The smallest absolute Gasteiger partial charge is 0.165 e. The van der Waals surface area contributed by atoms with Gasteiger partial charge in [-0.15, -0.1) is 0 Å². The summed E-state index contributed by atoms with van der Waals surface area (Å²) in [7, 11) is 0. The topological polar surface area (TPSA) is 59.2 Å². The highest BCUT2D eigenvalue weighted by Gasteiger charge is 2.13. The van der Waals surface area contributed by atoms with Crippen LogP contribution in [0.25, 0.3) is 0 Å². The Kier molecular flexibility index (Phi) is 3.65. The van der Waals surface area contributed by atoms with Gasteiger partial charge in [-0.3, -0.25) is 0 Å². The molecule has 2 aromatic rings. The first-order valence-electron chi connectivity index (χ1n) is 6.50. The molecule has 0 saturated carbocycles. The van der Waals surface area contributed by atoms with Crippen molar-refractivity contribution in [3.63, 3.8) is 0 Å². The second kappa shape index (κ2) is 5.75. The van der Waals surface area contributed by atoms with Crippen molar-refractivity contribution in [3.05, 3.63) is 42.0 Å². The monoisotopic (exact) mass is 259 g/mol. The van der Waals surface area contributed by atoms with Crippen LogP contribution in [0.5, 0.6) is 11.5 Å². The summed E-state index contributed by atoms with van der Waals surface area (Å²) in [5.74, 6) is 2.64. The van der Waals surface area contributed by atoms with Crippen LogP contribution >= 0.6 is 0 Å². The van der Waals surface area contributed by atoms with Crippen molar-refractivity contribution in [2.45, 2.75) is 19.5 Å². The Morgan fingerprint density at radius 3 is 3.05 bits per heavy atom. The first-order valence-corrected chi connectivity index (χ1v) is 6.50. The summed E-state index contributed by atoms with van der Waals surface area (Å²) in [6.07, 6.45) is 4.50. The van der Waals surface area contributed by atoms with Crippen LogP contribution in [0.15, 0.2) is 30.6 Å². The van der Waals surface area contributed by atoms with Crippen LogP contribution < -0.4 is 14.8 Å². The minimum Gasteiger partial charge on any atom is -0.490 e. The fourth-order valence-corrected chi connectivity index (χ4v) is 2.10. The van der Waals surface area contributed by atoms with Crippen molar-refractivity contribution in [3.8, 4) is 11.5 Å². The van der Waals surface area contributed by atoms with Gasteiger partial charge in [0.1, 0.15) is 5.82 Å². The lowest BCUT2D eigenvalue weighted by Gasteiger charge is -2.12. The highest BCUT2D eigenvalue weighted by atomic mass is 16.5. The van der Waals surface area contributed by atoms with Crippen molar-refractivity contribution < 1.29 is 9.47 Å². The number of hydrogen-bond acceptors (Lipinski definition) is 4. The Balaban J connectivity index is 1.67. The lowest BCUT2D eigenvalue weighted by Crippen LogP contribution is -2.14. The molecule has 0 spiro atoms. The van der Waals surface area contributed by atoms with E-state index in [9.17, 15) is 0 Å². The third-order valence-electron chi connectivity index (χ3n) is 3.02. The molecule has 0 fully saturated rings. The summed E-state index contributed by atoms with van der Waals surface area (Å²) < 4.78 is 11.4. The van der Waals surface area contributed by atoms with Crippen LogP contribution in [-0.2, 0) is 13.1 Å². The predicted molar refractivity (Wildman–Crippen MR) is 71.2 cm³/mol. The Labute approximate surface area is 112 Å². The number of rotatable bonds is 4. The number of ether oxygens (including phenoxy) is 2. The summed E-state index contributed by atoms with van der Waals surface area (Å²) in [5.41, 5.74) is 1.12. The Hall–Kier alpha value is -2.01. The average Bonchev–Trinajstić information content (AvgIpc) is 2.82. The lowest BCUT2D eigenvalue weighted by atomic mass is 10.2. The van der Waals surface area contributed by atoms with Crippen molar-refractivity contribution in [2.75, 3.05) is 13.2 Å². The number of nitrogens with zero attached hydrogens (tertiary/aromatic N) is 1. The summed E-state index contributed by atoms with van der Waals surface area (Å²) >= 11 is 0. The molecule has 100 valence electrons. The Morgan fingerprint density at radius 1 is 1.21 bits per heavy atom. The maximum atomic E-state index is 5.78. The second-order valence-electron chi connectivity index (χ2n) is 4.43. The fraction of sp³-hybridized carbons (Fsp3) is 0.357. The molecular formula is C14H17N3O2. The zero-order valence-corrected chi connectivity index (χ0v) is 10.7. The molecule has 19 heavy (non-hydrogen) atoms. The van der Waals surface area contributed by atoms with E-state index in [0.29, 0.717) is 13.2 Å². The summed E-state index contributed by atoms with van der Waals surface area (Å²) in [6.45, 7) is 2.86. The summed E-state index contributed by atoms with van der Waals surface area (Å²) in [5, 5.41) is 3.35. The lowest BCUT2D eigenvalue weighted by molar-refractivity contribution is 0.296. The maximum absolute atomic E-state index is 5.78. The molecule has 0 aliphatic carbocycles. The van der Waals surface area contributed by atoms with Crippen LogP contribution in [0, 0.1) is 0 Å². The van der Waals surface area contributed by atoms with E-state index >= 15 is 0 Å². The van der Waals surface area contributed by atoms with E-state index in [4.69, 9.17) is 9.47 Å². The van der Waals surface area contributed by atoms with E-state index in [0.717, 1.165) is 42.5 Å². The van der Waals surface area contributed by atoms with Crippen LogP contribution in [0.2, 0.25) is 0 Å². The van der Waals surface area contributed by atoms with Gasteiger partial charge in [-0.2, -0.15) is 0 Å². The second-order valence-corrected chi connectivity index (χ2v) is 4.43. The van der Waals surface area contributed by atoms with Gasteiger partial charge in [-0.25, -0.2) is 4.98 Å². The fourth-order valence-electron chi connectivity index (χ4n) is 2.10. The number of aromatic nitrogens is 2. The number of fused-ring (bicyclic) bond motifs is 1. The molecule has 5 heteroatoms. The normalized spacial score (nSPS) is 14.1. The molecule has 1 aliphatic heterocycles. The maximum Gasteiger partial charge on any atom is 0.165 e. The van der Waals surface area contributed by atoms with E-state index in [-0.39, 0.29) is 0 Å². The molecule has 0 atom stereocenters. The minimum atomic E-state index is 0.706. The standard InChI is InChI=1S/C14H17N3O2/c1-3-11(9-15-10-13-16-5-6-17-13)14-12(4-1)18-7-2-8-19-14/h1,3-6,15H,2,7-10H2,(H,16,17). The molecule has 5 nitrogen and oxygen atoms in total. The van der Waals surface area contributed by atoms with Gasteiger partial charge < -0.3 is 19.8 Å². The van der Waals surface area contributed by atoms with Gasteiger partial charge in [-0.1, -0.05) is 12.1 Å². The number of H-pyrrole nitrogens is 1. The number of aromatic amines is 1.